The molecule has 0 aliphatic carbocycles. The molecule has 0 saturated heterocycles. The van der Waals surface area contributed by atoms with Crippen molar-refractivity contribution in [2.45, 2.75) is 20.8 Å². The molecular formula is C15H15ClO2S. The lowest BCUT2D eigenvalue weighted by atomic mass is 10.00. The summed E-state index contributed by atoms with van der Waals surface area (Å²) in [4.78, 5) is 13.1. The van der Waals surface area contributed by atoms with Crippen molar-refractivity contribution in [2.75, 3.05) is 7.11 Å². The van der Waals surface area contributed by atoms with E-state index in [1.54, 1.807) is 7.11 Å². The molecule has 0 aliphatic heterocycles. The van der Waals surface area contributed by atoms with Gasteiger partial charge in [-0.05, 0) is 55.0 Å². The van der Waals surface area contributed by atoms with Gasteiger partial charge in [-0.2, -0.15) is 0 Å². The highest BCUT2D eigenvalue weighted by atomic mass is 35.5. The van der Waals surface area contributed by atoms with Crippen molar-refractivity contribution in [2.24, 2.45) is 0 Å². The van der Waals surface area contributed by atoms with Gasteiger partial charge in [0, 0.05) is 5.56 Å². The van der Waals surface area contributed by atoms with Crippen LogP contribution in [0, 0.1) is 20.8 Å². The molecule has 0 spiro atoms. The Morgan fingerprint density at radius 3 is 2.37 bits per heavy atom. The van der Waals surface area contributed by atoms with Crippen molar-refractivity contribution in [1.29, 1.82) is 0 Å². The second-order valence-electron chi connectivity index (χ2n) is 4.53. The van der Waals surface area contributed by atoms with Crippen LogP contribution in [0.5, 0.6) is 5.75 Å². The molecular weight excluding hydrogens is 280 g/mol. The van der Waals surface area contributed by atoms with Crippen LogP contribution in [0.25, 0.3) is 0 Å². The van der Waals surface area contributed by atoms with E-state index in [4.69, 9.17) is 16.3 Å². The molecule has 2 rings (SSSR count). The zero-order chi connectivity index (χ0) is 14.2. The molecule has 0 aliphatic rings. The van der Waals surface area contributed by atoms with Crippen LogP contribution in [0.2, 0.25) is 5.02 Å². The first-order valence-electron chi connectivity index (χ1n) is 5.89. The molecule has 2 nitrogen and oxygen atoms in total. The average molecular weight is 295 g/mol. The quantitative estimate of drug-likeness (QED) is 0.775. The molecule has 1 heterocycles. The van der Waals surface area contributed by atoms with Gasteiger partial charge in [0.25, 0.3) is 0 Å². The van der Waals surface area contributed by atoms with Crippen LogP contribution in [0.1, 0.15) is 31.9 Å². The molecule has 0 fully saturated rings. The number of methoxy groups -OCH3 is 1. The Morgan fingerprint density at radius 1 is 1.16 bits per heavy atom. The Bertz CT molecular complexity index is 644. The molecule has 4 heteroatoms. The number of hydrogen-bond acceptors (Lipinski definition) is 3. The summed E-state index contributed by atoms with van der Waals surface area (Å²) in [6, 6.07) is 3.75. The number of carbonyl (C=O) groups excluding carboxylic acids is 1. The van der Waals surface area contributed by atoms with E-state index in [1.165, 1.54) is 11.3 Å². The van der Waals surface area contributed by atoms with Gasteiger partial charge in [-0.15, -0.1) is 11.3 Å². The first-order chi connectivity index (χ1) is 8.95. The number of rotatable bonds is 3. The molecule has 2 aromatic rings. The van der Waals surface area contributed by atoms with E-state index in [0.29, 0.717) is 15.5 Å². The number of hydrogen-bond donors (Lipinski definition) is 0. The monoisotopic (exact) mass is 294 g/mol. The molecule has 0 saturated carbocycles. The van der Waals surface area contributed by atoms with Crippen molar-refractivity contribution >= 4 is 28.7 Å². The summed E-state index contributed by atoms with van der Waals surface area (Å²) in [6.07, 6.45) is 0. The van der Waals surface area contributed by atoms with E-state index < -0.39 is 0 Å². The van der Waals surface area contributed by atoms with E-state index in [1.807, 2.05) is 38.3 Å². The van der Waals surface area contributed by atoms with E-state index >= 15 is 0 Å². The Morgan fingerprint density at radius 2 is 1.84 bits per heavy atom. The summed E-state index contributed by atoms with van der Waals surface area (Å²) < 4.78 is 5.26. The third kappa shape index (κ3) is 2.53. The fourth-order valence-corrected chi connectivity index (χ4v) is 3.19. The Labute approximate surface area is 122 Å². The van der Waals surface area contributed by atoms with E-state index in [0.717, 1.165) is 22.4 Å². The Kier molecular flexibility index (Phi) is 3.97. The molecule has 19 heavy (non-hydrogen) atoms. The van der Waals surface area contributed by atoms with Gasteiger partial charge in [-0.3, -0.25) is 4.79 Å². The molecule has 0 unspecified atom stereocenters. The lowest BCUT2D eigenvalue weighted by Gasteiger charge is -2.10. The molecule has 100 valence electrons. The van der Waals surface area contributed by atoms with Crippen molar-refractivity contribution in [3.05, 3.63) is 49.7 Å². The zero-order valence-electron chi connectivity index (χ0n) is 11.3. The number of thiophene rings is 1. The van der Waals surface area contributed by atoms with Gasteiger partial charge in [-0.1, -0.05) is 11.6 Å². The summed E-state index contributed by atoms with van der Waals surface area (Å²) in [5, 5.41) is 2.46. The van der Waals surface area contributed by atoms with Gasteiger partial charge in [0.1, 0.15) is 5.75 Å². The first kappa shape index (κ1) is 14.1. The highest BCUT2D eigenvalue weighted by molar-refractivity contribution is 7.13. The fourth-order valence-electron chi connectivity index (χ4n) is 1.96. The number of halogens is 1. The van der Waals surface area contributed by atoms with Gasteiger partial charge in [0.15, 0.2) is 0 Å². The van der Waals surface area contributed by atoms with Crippen molar-refractivity contribution in [3.8, 4) is 5.75 Å². The lowest BCUT2D eigenvalue weighted by molar-refractivity contribution is 0.104. The third-order valence-electron chi connectivity index (χ3n) is 3.09. The maximum atomic E-state index is 12.5. The highest BCUT2D eigenvalue weighted by Gasteiger charge is 2.19. The molecule has 0 bridgehead atoms. The molecule has 0 N–H and O–H groups in total. The first-order valence-corrected chi connectivity index (χ1v) is 7.15. The summed E-state index contributed by atoms with van der Waals surface area (Å²) in [7, 11) is 1.63. The number of carbonyl (C=O) groups is 1. The minimum atomic E-state index is -0.0219. The zero-order valence-corrected chi connectivity index (χ0v) is 12.9. The SMILES string of the molecule is COc1cc(C)c(C(=O)c2scc(C)c2Cl)cc1C. The van der Waals surface area contributed by atoms with E-state index in [2.05, 4.69) is 0 Å². The van der Waals surface area contributed by atoms with Gasteiger partial charge in [0.05, 0.1) is 17.0 Å². The number of aryl methyl sites for hydroxylation is 3. The van der Waals surface area contributed by atoms with Gasteiger partial charge >= 0.3 is 0 Å². The van der Waals surface area contributed by atoms with Crippen LogP contribution in [-0.4, -0.2) is 12.9 Å². The third-order valence-corrected chi connectivity index (χ3v) is 4.79. The van der Waals surface area contributed by atoms with Crippen molar-refractivity contribution in [3.63, 3.8) is 0 Å². The lowest BCUT2D eigenvalue weighted by Crippen LogP contribution is -2.04. The molecule has 1 aromatic heterocycles. The summed E-state index contributed by atoms with van der Waals surface area (Å²) in [5.41, 5.74) is 3.47. The number of ketones is 1. The molecule has 1 aromatic carbocycles. The minimum Gasteiger partial charge on any atom is -0.496 e. The standard InChI is InChI=1S/C15H15ClO2S/c1-8-6-12(18-4)9(2)5-11(8)14(17)15-13(16)10(3)7-19-15/h5-7H,1-4H3. The topological polar surface area (TPSA) is 26.3 Å². The average Bonchev–Trinajstić information content (AvgIpc) is 2.71. The predicted octanol–water partition coefficient (Wildman–Crippen LogP) is 4.57. The maximum absolute atomic E-state index is 12.5. The summed E-state index contributed by atoms with van der Waals surface area (Å²) in [6.45, 7) is 5.74. The number of benzene rings is 1. The molecule has 0 amide bonds. The van der Waals surface area contributed by atoms with E-state index in [9.17, 15) is 4.79 Å². The van der Waals surface area contributed by atoms with Gasteiger partial charge < -0.3 is 4.74 Å². The van der Waals surface area contributed by atoms with Crippen LogP contribution in [0.15, 0.2) is 17.5 Å². The van der Waals surface area contributed by atoms with Crippen molar-refractivity contribution in [1.82, 2.24) is 0 Å². The number of ether oxygens (including phenoxy) is 1. The molecule has 0 radical (unpaired) electrons. The van der Waals surface area contributed by atoms with Gasteiger partial charge in [-0.25, -0.2) is 0 Å². The highest BCUT2D eigenvalue weighted by Crippen LogP contribution is 2.31. The van der Waals surface area contributed by atoms with Crippen molar-refractivity contribution < 1.29 is 9.53 Å². The second kappa shape index (κ2) is 5.35. The second-order valence-corrected chi connectivity index (χ2v) is 5.79. The smallest absolute Gasteiger partial charge is 0.204 e. The van der Waals surface area contributed by atoms with Crippen LogP contribution in [0.4, 0.5) is 0 Å². The maximum Gasteiger partial charge on any atom is 0.204 e. The largest absolute Gasteiger partial charge is 0.496 e. The summed E-state index contributed by atoms with van der Waals surface area (Å²) in [5.74, 6) is 0.772. The van der Waals surface area contributed by atoms with Crippen LogP contribution >= 0.6 is 22.9 Å². The van der Waals surface area contributed by atoms with Crippen LogP contribution < -0.4 is 4.74 Å². The minimum absolute atomic E-state index is 0.0219. The van der Waals surface area contributed by atoms with E-state index in [-0.39, 0.29) is 5.78 Å². The molecule has 0 atom stereocenters. The van der Waals surface area contributed by atoms with Crippen LogP contribution in [-0.2, 0) is 0 Å². The Hall–Kier alpha value is -1.32. The normalized spacial score (nSPS) is 10.6. The predicted molar refractivity (Wildman–Crippen MR) is 80.0 cm³/mol. The fraction of sp³-hybridized carbons (Fsp3) is 0.267. The summed E-state index contributed by atoms with van der Waals surface area (Å²) >= 11 is 7.56. The van der Waals surface area contributed by atoms with Crippen LogP contribution in [0.3, 0.4) is 0 Å². The Balaban J connectivity index is 2.51. The van der Waals surface area contributed by atoms with Gasteiger partial charge in [0.2, 0.25) is 5.78 Å².